The molecule has 1 atom stereocenters. The molecule has 0 aliphatic heterocycles. The van der Waals surface area contributed by atoms with Crippen molar-refractivity contribution in [2.24, 2.45) is 0 Å². The quantitative estimate of drug-likeness (QED) is 0.567. The molecule has 1 heterocycles. The van der Waals surface area contributed by atoms with Crippen molar-refractivity contribution in [1.29, 1.82) is 0 Å². The van der Waals surface area contributed by atoms with E-state index in [1.54, 1.807) is 6.20 Å². The summed E-state index contributed by atoms with van der Waals surface area (Å²) in [5.41, 5.74) is 0.821. The second kappa shape index (κ2) is 4.27. The summed E-state index contributed by atoms with van der Waals surface area (Å²) in [6, 6.07) is -0.469. The van der Waals surface area contributed by atoms with Crippen LogP contribution < -0.4 is 5.32 Å². The van der Waals surface area contributed by atoms with Crippen molar-refractivity contribution < 1.29 is 9.59 Å². The van der Waals surface area contributed by atoms with Gasteiger partial charge in [-0.3, -0.25) is 4.79 Å². The number of amides is 1. The van der Waals surface area contributed by atoms with E-state index in [9.17, 15) is 9.59 Å². The number of carbonyl (C=O) groups excluding carboxylic acids is 2. The molecule has 0 bridgehead atoms. The number of hydrogen-bond acceptors (Lipinski definition) is 3. The van der Waals surface area contributed by atoms with Crippen LogP contribution in [0, 0.1) is 0 Å². The van der Waals surface area contributed by atoms with Gasteiger partial charge in [0.15, 0.2) is 0 Å². The summed E-state index contributed by atoms with van der Waals surface area (Å²) in [5, 5.41) is 2.37. The lowest BCUT2D eigenvalue weighted by Crippen LogP contribution is -2.31. The van der Waals surface area contributed by atoms with Crippen LogP contribution in [-0.2, 0) is 16.0 Å². The largest absolute Gasteiger partial charge is 0.349 e. The zero-order valence-electron chi connectivity index (χ0n) is 6.36. The first kappa shape index (κ1) is 8.45. The summed E-state index contributed by atoms with van der Waals surface area (Å²) in [6.45, 7) is 0. The molecule has 0 aromatic carbocycles. The zero-order chi connectivity index (χ0) is 8.81. The zero-order valence-corrected chi connectivity index (χ0v) is 6.36. The van der Waals surface area contributed by atoms with Crippen LogP contribution in [0.1, 0.15) is 5.69 Å². The molecular formula is C7H9N3O2. The highest BCUT2D eigenvalue weighted by molar-refractivity contribution is 5.63. The van der Waals surface area contributed by atoms with Crippen LogP contribution in [-0.4, -0.2) is 28.7 Å². The number of nitrogens with one attached hydrogen (secondary N) is 2. The average molecular weight is 167 g/mol. The van der Waals surface area contributed by atoms with Crippen LogP contribution in [0.3, 0.4) is 0 Å². The lowest BCUT2D eigenvalue weighted by atomic mass is 10.2. The number of hydrogen-bond donors (Lipinski definition) is 2. The summed E-state index contributed by atoms with van der Waals surface area (Å²) >= 11 is 0. The van der Waals surface area contributed by atoms with E-state index in [0.717, 1.165) is 5.69 Å². The second-order valence-corrected chi connectivity index (χ2v) is 2.31. The minimum Gasteiger partial charge on any atom is -0.349 e. The second-order valence-electron chi connectivity index (χ2n) is 2.31. The molecule has 0 spiro atoms. The highest BCUT2D eigenvalue weighted by atomic mass is 16.1. The molecular weight excluding hydrogens is 158 g/mol. The Morgan fingerprint density at radius 3 is 3.00 bits per heavy atom. The number of rotatable bonds is 5. The first-order chi connectivity index (χ1) is 5.86. The number of aldehydes is 1. The van der Waals surface area contributed by atoms with Gasteiger partial charge in [0.2, 0.25) is 6.41 Å². The summed E-state index contributed by atoms with van der Waals surface area (Å²) in [5.74, 6) is 0. The Balaban J connectivity index is 2.47. The van der Waals surface area contributed by atoms with Crippen molar-refractivity contribution in [3.05, 3.63) is 18.2 Å². The molecule has 0 fully saturated rings. The van der Waals surface area contributed by atoms with Gasteiger partial charge in [0.05, 0.1) is 12.4 Å². The number of aromatic amines is 1. The van der Waals surface area contributed by atoms with E-state index in [-0.39, 0.29) is 0 Å². The number of H-pyrrole nitrogens is 1. The molecule has 0 aliphatic carbocycles. The standard InChI is InChI=1S/C7H9N3O2/c11-3-7(10-5-12)1-6-2-8-4-9-6/h2-5,7H,1H2,(H,8,9)(H,10,12). The third-order valence-electron chi connectivity index (χ3n) is 1.44. The van der Waals surface area contributed by atoms with Crippen molar-refractivity contribution in [1.82, 2.24) is 15.3 Å². The molecule has 5 nitrogen and oxygen atoms in total. The van der Waals surface area contributed by atoms with Crippen molar-refractivity contribution in [3.63, 3.8) is 0 Å². The lowest BCUT2D eigenvalue weighted by Gasteiger charge is -2.05. The van der Waals surface area contributed by atoms with Crippen molar-refractivity contribution in [2.75, 3.05) is 0 Å². The first-order valence-corrected chi connectivity index (χ1v) is 3.49. The van der Waals surface area contributed by atoms with Crippen molar-refractivity contribution in [2.45, 2.75) is 12.5 Å². The molecule has 1 unspecified atom stereocenters. The van der Waals surface area contributed by atoms with Crippen LogP contribution in [0.25, 0.3) is 0 Å². The Kier molecular flexibility index (Phi) is 3.01. The summed E-state index contributed by atoms with van der Waals surface area (Å²) in [6.07, 6.45) is 4.79. The van der Waals surface area contributed by atoms with E-state index in [1.165, 1.54) is 6.33 Å². The Morgan fingerprint density at radius 1 is 1.67 bits per heavy atom. The van der Waals surface area contributed by atoms with E-state index in [1.807, 2.05) is 0 Å². The predicted molar refractivity (Wildman–Crippen MR) is 41.3 cm³/mol. The van der Waals surface area contributed by atoms with Gasteiger partial charge in [-0.25, -0.2) is 4.98 Å². The molecule has 12 heavy (non-hydrogen) atoms. The third kappa shape index (κ3) is 2.19. The van der Waals surface area contributed by atoms with Gasteiger partial charge in [0.25, 0.3) is 0 Å². The van der Waals surface area contributed by atoms with E-state index in [2.05, 4.69) is 15.3 Å². The van der Waals surface area contributed by atoms with Crippen LogP contribution >= 0.6 is 0 Å². The van der Waals surface area contributed by atoms with Gasteiger partial charge in [-0.2, -0.15) is 0 Å². The molecule has 1 amide bonds. The van der Waals surface area contributed by atoms with Gasteiger partial charge in [0.1, 0.15) is 6.29 Å². The molecule has 0 saturated carbocycles. The molecule has 0 radical (unpaired) electrons. The molecule has 64 valence electrons. The topological polar surface area (TPSA) is 74.8 Å². The average Bonchev–Trinajstić information content (AvgIpc) is 2.56. The minimum atomic E-state index is -0.469. The molecule has 1 rings (SSSR count). The molecule has 1 aromatic rings. The molecule has 0 saturated heterocycles. The summed E-state index contributed by atoms with van der Waals surface area (Å²) < 4.78 is 0. The van der Waals surface area contributed by atoms with Crippen LogP contribution in [0.15, 0.2) is 12.5 Å². The fraction of sp³-hybridized carbons (Fsp3) is 0.286. The minimum absolute atomic E-state index is 0.447. The summed E-state index contributed by atoms with van der Waals surface area (Å²) in [7, 11) is 0. The maximum Gasteiger partial charge on any atom is 0.207 e. The maximum absolute atomic E-state index is 10.4. The van der Waals surface area contributed by atoms with E-state index in [0.29, 0.717) is 19.1 Å². The maximum atomic E-state index is 10.4. The van der Waals surface area contributed by atoms with Crippen LogP contribution in [0.2, 0.25) is 0 Å². The third-order valence-corrected chi connectivity index (χ3v) is 1.44. The SMILES string of the molecule is O=CNC(C=O)Cc1cnc[nH]1. The fourth-order valence-corrected chi connectivity index (χ4v) is 0.867. The Hall–Kier alpha value is -1.65. The number of nitrogens with zero attached hydrogens (tertiary/aromatic N) is 1. The lowest BCUT2D eigenvalue weighted by molar-refractivity contribution is -0.115. The van der Waals surface area contributed by atoms with Gasteiger partial charge < -0.3 is 15.1 Å². The first-order valence-electron chi connectivity index (χ1n) is 3.49. The van der Waals surface area contributed by atoms with E-state index in [4.69, 9.17) is 0 Å². The van der Waals surface area contributed by atoms with Gasteiger partial charge in [-0.05, 0) is 0 Å². The van der Waals surface area contributed by atoms with Gasteiger partial charge in [0, 0.05) is 18.3 Å². The van der Waals surface area contributed by atoms with Crippen molar-refractivity contribution >= 4 is 12.7 Å². The van der Waals surface area contributed by atoms with Gasteiger partial charge in [-0.1, -0.05) is 0 Å². The highest BCUT2D eigenvalue weighted by Gasteiger charge is 2.06. The van der Waals surface area contributed by atoms with E-state index >= 15 is 0 Å². The molecule has 1 aromatic heterocycles. The number of aromatic nitrogens is 2. The monoisotopic (exact) mass is 167 g/mol. The predicted octanol–water partition coefficient (Wildman–Crippen LogP) is -0.734. The van der Waals surface area contributed by atoms with E-state index < -0.39 is 6.04 Å². The Morgan fingerprint density at radius 2 is 2.50 bits per heavy atom. The normalized spacial score (nSPS) is 12.0. The Labute approximate surface area is 69.2 Å². The molecule has 0 aliphatic rings. The smallest absolute Gasteiger partial charge is 0.207 e. The summed E-state index contributed by atoms with van der Waals surface area (Å²) in [4.78, 5) is 27.0. The van der Waals surface area contributed by atoms with Crippen LogP contribution in [0.5, 0.6) is 0 Å². The number of imidazole rings is 1. The molecule has 2 N–H and O–H groups in total. The van der Waals surface area contributed by atoms with Gasteiger partial charge in [-0.15, -0.1) is 0 Å². The Bertz CT molecular complexity index is 245. The molecule has 5 heteroatoms. The van der Waals surface area contributed by atoms with Gasteiger partial charge >= 0.3 is 0 Å². The number of carbonyl (C=O) groups is 2. The highest BCUT2D eigenvalue weighted by Crippen LogP contribution is 1.95. The fourth-order valence-electron chi connectivity index (χ4n) is 0.867. The van der Waals surface area contributed by atoms with Crippen molar-refractivity contribution in [3.8, 4) is 0 Å². The van der Waals surface area contributed by atoms with Crippen LogP contribution in [0.4, 0.5) is 0 Å².